The number of hydrogen-bond acceptors (Lipinski definition) is 4. The molecule has 0 aromatic heterocycles. The van der Waals surface area contributed by atoms with Crippen LogP contribution in [-0.2, 0) is 14.3 Å². The molecular formula is C15H22N2O4. The van der Waals surface area contributed by atoms with E-state index >= 15 is 0 Å². The van der Waals surface area contributed by atoms with E-state index in [-0.39, 0.29) is 18.4 Å². The summed E-state index contributed by atoms with van der Waals surface area (Å²) < 4.78 is 9.87. The van der Waals surface area contributed by atoms with Crippen LogP contribution < -0.4 is 10.6 Å². The Labute approximate surface area is 124 Å². The average Bonchev–Trinajstić information content (AvgIpc) is 2.48. The van der Waals surface area contributed by atoms with Gasteiger partial charge < -0.3 is 20.1 Å². The van der Waals surface area contributed by atoms with Crippen molar-refractivity contribution in [3.63, 3.8) is 0 Å². The number of ether oxygens (including phenoxy) is 2. The highest BCUT2D eigenvalue weighted by molar-refractivity contribution is 5.94. The second-order valence-corrected chi connectivity index (χ2v) is 4.52. The van der Waals surface area contributed by atoms with E-state index in [0.29, 0.717) is 31.9 Å². The predicted molar refractivity (Wildman–Crippen MR) is 79.2 cm³/mol. The molecule has 0 heterocycles. The minimum absolute atomic E-state index is 0.00478. The first-order chi connectivity index (χ1) is 10.1. The number of carbonyl (C=O) groups excluding carboxylic acids is 2. The quantitative estimate of drug-likeness (QED) is 0.650. The molecule has 0 aliphatic heterocycles. The van der Waals surface area contributed by atoms with Gasteiger partial charge in [0.25, 0.3) is 5.91 Å². The Bertz CT molecular complexity index is 463. The Morgan fingerprint density at radius 2 is 1.90 bits per heavy atom. The Kier molecular flexibility index (Phi) is 8.08. The van der Waals surface area contributed by atoms with Gasteiger partial charge in [-0.25, -0.2) is 0 Å². The standard InChI is InChI=1S/C15H22N2O4/c1-12-4-3-5-13(10-12)15(19)17-7-6-16-14(18)11-21-9-8-20-2/h3-5,10H,6-9,11H2,1-2H3,(H,16,18)(H,17,19). The van der Waals surface area contributed by atoms with Gasteiger partial charge in [-0.15, -0.1) is 0 Å². The molecule has 0 atom stereocenters. The molecule has 1 rings (SSSR count). The van der Waals surface area contributed by atoms with Gasteiger partial charge >= 0.3 is 0 Å². The smallest absolute Gasteiger partial charge is 0.251 e. The second kappa shape index (κ2) is 9.90. The molecule has 2 amide bonds. The molecule has 21 heavy (non-hydrogen) atoms. The molecule has 1 aromatic carbocycles. The van der Waals surface area contributed by atoms with Crippen LogP contribution in [0.2, 0.25) is 0 Å². The summed E-state index contributed by atoms with van der Waals surface area (Å²) in [6.45, 7) is 3.50. The third kappa shape index (κ3) is 7.43. The summed E-state index contributed by atoms with van der Waals surface area (Å²) >= 11 is 0. The van der Waals surface area contributed by atoms with Crippen LogP contribution in [0.5, 0.6) is 0 Å². The first-order valence-electron chi connectivity index (χ1n) is 6.81. The van der Waals surface area contributed by atoms with Crippen LogP contribution in [0.25, 0.3) is 0 Å². The first-order valence-corrected chi connectivity index (χ1v) is 6.81. The monoisotopic (exact) mass is 294 g/mol. The molecule has 0 fully saturated rings. The molecule has 1 aromatic rings. The van der Waals surface area contributed by atoms with Crippen molar-refractivity contribution in [2.45, 2.75) is 6.92 Å². The maximum Gasteiger partial charge on any atom is 0.251 e. The Balaban J connectivity index is 2.13. The Morgan fingerprint density at radius 3 is 2.62 bits per heavy atom. The van der Waals surface area contributed by atoms with Gasteiger partial charge in [-0.3, -0.25) is 9.59 Å². The van der Waals surface area contributed by atoms with E-state index in [9.17, 15) is 9.59 Å². The lowest BCUT2D eigenvalue weighted by Crippen LogP contribution is -2.36. The Morgan fingerprint density at radius 1 is 1.14 bits per heavy atom. The second-order valence-electron chi connectivity index (χ2n) is 4.52. The van der Waals surface area contributed by atoms with Gasteiger partial charge in [-0.2, -0.15) is 0 Å². The van der Waals surface area contributed by atoms with Gasteiger partial charge in [-0.05, 0) is 19.1 Å². The van der Waals surface area contributed by atoms with Crippen molar-refractivity contribution in [3.8, 4) is 0 Å². The molecule has 0 bridgehead atoms. The van der Waals surface area contributed by atoms with Crippen LogP contribution in [0.3, 0.4) is 0 Å². The Hall–Kier alpha value is -1.92. The number of amides is 2. The van der Waals surface area contributed by atoms with Crippen molar-refractivity contribution in [2.75, 3.05) is 40.0 Å². The number of benzene rings is 1. The van der Waals surface area contributed by atoms with Crippen LogP contribution in [0.1, 0.15) is 15.9 Å². The highest BCUT2D eigenvalue weighted by Gasteiger charge is 2.05. The van der Waals surface area contributed by atoms with Gasteiger partial charge in [0.2, 0.25) is 5.91 Å². The topological polar surface area (TPSA) is 76.7 Å². The molecule has 2 N–H and O–H groups in total. The summed E-state index contributed by atoms with van der Waals surface area (Å²) in [5.74, 6) is -0.361. The molecule has 116 valence electrons. The van der Waals surface area contributed by atoms with Crippen molar-refractivity contribution in [3.05, 3.63) is 35.4 Å². The fraction of sp³-hybridized carbons (Fsp3) is 0.467. The maximum absolute atomic E-state index is 11.8. The molecule has 0 unspecified atom stereocenters. The molecule has 6 nitrogen and oxygen atoms in total. The zero-order valence-electron chi connectivity index (χ0n) is 12.5. The van der Waals surface area contributed by atoms with Gasteiger partial charge in [0.05, 0.1) is 13.2 Å². The summed E-state index contributed by atoms with van der Waals surface area (Å²) in [7, 11) is 1.57. The molecule has 0 saturated heterocycles. The SMILES string of the molecule is COCCOCC(=O)NCCNC(=O)c1cccc(C)c1. The summed E-state index contributed by atoms with van der Waals surface area (Å²) in [5, 5.41) is 5.40. The van der Waals surface area contributed by atoms with E-state index in [1.165, 1.54) is 0 Å². The van der Waals surface area contributed by atoms with Gasteiger partial charge in [0.15, 0.2) is 0 Å². The molecule has 0 saturated carbocycles. The van der Waals surface area contributed by atoms with Crippen molar-refractivity contribution in [1.82, 2.24) is 10.6 Å². The molecule has 0 spiro atoms. The number of carbonyl (C=O) groups is 2. The normalized spacial score (nSPS) is 10.2. The van der Waals surface area contributed by atoms with E-state index in [0.717, 1.165) is 5.56 Å². The zero-order valence-corrected chi connectivity index (χ0v) is 12.5. The fourth-order valence-electron chi connectivity index (χ4n) is 1.62. The summed E-state index contributed by atoms with van der Waals surface area (Å²) in [6.07, 6.45) is 0. The van der Waals surface area contributed by atoms with E-state index in [2.05, 4.69) is 10.6 Å². The fourth-order valence-corrected chi connectivity index (χ4v) is 1.62. The average molecular weight is 294 g/mol. The minimum atomic E-state index is -0.212. The van der Waals surface area contributed by atoms with E-state index in [1.807, 2.05) is 25.1 Å². The van der Waals surface area contributed by atoms with Crippen molar-refractivity contribution < 1.29 is 19.1 Å². The number of rotatable bonds is 9. The van der Waals surface area contributed by atoms with Crippen LogP contribution in [0.15, 0.2) is 24.3 Å². The van der Waals surface area contributed by atoms with E-state index < -0.39 is 0 Å². The predicted octanol–water partition coefficient (Wildman–Crippen LogP) is 0.504. The largest absolute Gasteiger partial charge is 0.382 e. The lowest BCUT2D eigenvalue weighted by Gasteiger charge is -2.08. The lowest BCUT2D eigenvalue weighted by molar-refractivity contribution is -0.126. The zero-order chi connectivity index (χ0) is 15.5. The number of aryl methyl sites for hydroxylation is 1. The summed E-state index contributed by atoms with van der Waals surface area (Å²) in [5.41, 5.74) is 1.65. The molecular weight excluding hydrogens is 272 g/mol. The van der Waals surface area contributed by atoms with E-state index in [4.69, 9.17) is 9.47 Å². The number of nitrogens with one attached hydrogen (secondary N) is 2. The number of hydrogen-bond donors (Lipinski definition) is 2. The van der Waals surface area contributed by atoms with Crippen LogP contribution in [0.4, 0.5) is 0 Å². The molecule has 6 heteroatoms. The minimum Gasteiger partial charge on any atom is -0.382 e. The molecule has 0 aliphatic carbocycles. The first kappa shape index (κ1) is 17.1. The highest BCUT2D eigenvalue weighted by Crippen LogP contribution is 2.03. The van der Waals surface area contributed by atoms with E-state index in [1.54, 1.807) is 13.2 Å². The molecule has 0 aliphatic rings. The van der Waals surface area contributed by atoms with Crippen LogP contribution >= 0.6 is 0 Å². The van der Waals surface area contributed by atoms with Crippen LogP contribution in [0, 0.1) is 6.92 Å². The van der Waals surface area contributed by atoms with Crippen molar-refractivity contribution in [2.24, 2.45) is 0 Å². The van der Waals surface area contributed by atoms with Gasteiger partial charge in [0.1, 0.15) is 6.61 Å². The maximum atomic E-state index is 11.8. The van der Waals surface area contributed by atoms with Gasteiger partial charge in [-0.1, -0.05) is 17.7 Å². The summed E-state index contributed by atoms with van der Waals surface area (Å²) in [4.78, 5) is 23.2. The van der Waals surface area contributed by atoms with Crippen molar-refractivity contribution >= 4 is 11.8 Å². The van der Waals surface area contributed by atoms with Gasteiger partial charge in [0, 0.05) is 25.8 Å². The molecule has 0 radical (unpaired) electrons. The number of methoxy groups -OCH3 is 1. The lowest BCUT2D eigenvalue weighted by atomic mass is 10.1. The van der Waals surface area contributed by atoms with Crippen LogP contribution in [-0.4, -0.2) is 51.8 Å². The third-order valence-electron chi connectivity index (χ3n) is 2.68. The highest BCUT2D eigenvalue weighted by atomic mass is 16.5. The van der Waals surface area contributed by atoms with Crippen molar-refractivity contribution in [1.29, 1.82) is 0 Å². The third-order valence-corrected chi connectivity index (χ3v) is 2.68. The summed E-state index contributed by atoms with van der Waals surface area (Å²) in [6, 6.07) is 7.34.